The molecular weight excluding hydrogens is 226 g/mol. The Morgan fingerprint density at radius 3 is 2.56 bits per heavy atom. The Balaban J connectivity index is 2.19. The third-order valence-electron chi connectivity index (χ3n) is 3.31. The molecular formula is C15H17NO2. The van der Waals surface area contributed by atoms with Gasteiger partial charge in [0.1, 0.15) is 17.6 Å². The van der Waals surface area contributed by atoms with Crippen molar-refractivity contribution in [2.24, 2.45) is 0 Å². The van der Waals surface area contributed by atoms with Gasteiger partial charge in [-0.05, 0) is 49.9 Å². The number of hydrogen-bond acceptors (Lipinski definition) is 3. The molecule has 1 fully saturated rings. The van der Waals surface area contributed by atoms with Crippen LogP contribution < -0.4 is 4.74 Å². The highest BCUT2D eigenvalue weighted by molar-refractivity contribution is 5.79. The second kappa shape index (κ2) is 5.22. The standard InChI is InChI=1S/C15H17NO2/c1-10-6-12(9-16)7-11(2)15(10)18-14-5-3-4-13(17)8-14/h6-7,14H,3-5,8H2,1-2H3. The molecule has 0 heterocycles. The predicted molar refractivity (Wildman–Crippen MR) is 68.5 cm³/mol. The molecule has 0 aliphatic heterocycles. The number of nitriles is 1. The summed E-state index contributed by atoms with van der Waals surface area (Å²) in [6.07, 6.45) is 3.05. The summed E-state index contributed by atoms with van der Waals surface area (Å²) in [7, 11) is 0. The number of carbonyl (C=O) groups is 1. The van der Waals surface area contributed by atoms with Gasteiger partial charge in [-0.2, -0.15) is 5.26 Å². The molecule has 0 spiro atoms. The van der Waals surface area contributed by atoms with E-state index in [1.165, 1.54) is 0 Å². The molecule has 1 saturated carbocycles. The monoisotopic (exact) mass is 243 g/mol. The molecule has 0 aromatic heterocycles. The minimum absolute atomic E-state index is 0.00316. The molecule has 0 saturated heterocycles. The van der Waals surface area contributed by atoms with Crippen molar-refractivity contribution in [1.82, 2.24) is 0 Å². The smallest absolute Gasteiger partial charge is 0.136 e. The van der Waals surface area contributed by atoms with Crippen LogP contribution in [0.1, 0.15) is 42.4 Å². The zero-order valence-corrected chi connectivity index (χ0v) is 10.8. The number of ketones is 1. The Bertz CT molecular complexity index is 491. The topological polar surface area (TPSA) is 50.1 Å². The molecule has 0 radical (unpaired) electrons. The van der Waals surface area contributed by atoms with Gasteiger partial charge in [0.15, 0.2) is 0 Å². The molecule has 1 aliphatic rings. The zero-order chi connectivity index (χ0) is 13.1. The van der Waals surface area contributed by atoms with Crippen LogP contribution in [0.2, 0.25) is 0 Å². The number of ether oxygens (including phenoxy) is 1. The summed E-state index contributed by atoms with van der Waals surface area (Å²) < 4.78 is 5.96. The van der Waals surface area contributed by atoms with Gasteiger partial charge < -0.3 is 4.74 Å². The van der Waals surface area contributed by atoms with Gasteiger partial charge in [0.05, 0.1) is 11.6 Å². The van der Waals surface area contributed by atoms with E-state index in [0.29, 0.717) is 18.4 Å². The summed E-state index contributed by atoms with van der Waals surface area (Å²) in [6, 6.07) is 5.79. The van der Waals surface area contributed by atoms with E-state index < -0.39 is 0 Å². The number of nitrogens with zero attached hydrogens (tertiary/aromatic N) is 1. The van der Waals surface area contributed by atoms with E-state index >= 15 is 0 Å². The number of hydrogen-bond donors (Lipinski definition) is 0. The lowest BCUT2D eigenvalue weighted by Crippen LogP contribution is -2.25. The predicted octanol–water partition coefficient (Wildman–Crippen LogP) is 3.07. The number of aryl methyl sites for hydroxylation is 2. The summed E-state index contributed by atoms with van der Waals surface area (Å²) in [6.45, 7) is 3.88. The molecule has 0 amide bonds. The molecule has 94 valence electrons. The summed E-state index contributed by atoms with van der Waals surface area (Å²) in [4.78, 5) is 11.4. The molecule has 1 aromatic carbocycles. The van der Waals surface area contributed by atoms with Crippen LogP contribution in [0.3, 0.4) is 0 Å². The van der Waals surface area contributed by atoms with Crippen LogP contribution in [-0.2, 0) is 4.79 Å². The van der Waals surface area contributed by atoms with Gasteiger partial charge in [0, 0.05) is 12.8 Å². The van der Waals surface area contributed by atoms with Gasteiger partial charge in [0.2, 0.25) is 0 Å². The van der Waals surface area contributed by atoms with E-state index in [1.54, 1.807) is 0 Å². The van der Waals surface area contributed by atoms with Crippen LogP contribution >= 0.6 is 0 Å². The van der Waals surface area contributed by atoms with Gasteiger partial charge in [0.25, 0.3) is 0 Å². The van der Waals surface area contributed by atoms with Crippen LogP contribution in [0, 0.1) is 25.2 Å². The second-order valence-corrected chi connectivity index (χ2v) is 4.93. The molecule has 3 heteroatoms. The van der Waals surface area contributed by atoms with Crippen molar-refractivity contribution in [3.8, 4) is 11.8 Å². The lowest BCUT2D eigenvalue weighted by molar-refractivity contribution is -0.122. The molecule has 1 atom stereocenters. The first-order valence-corrected chi connectivity index (χ1v) is 6.30. The summed E-state index contributed by atoms with van der Waals surface area (Å²) >= 11 is 0. The van der Waals surface area contributed by atoms with Crippen molar-refractivity contribution in [3.05, 3.63) is 28.8 Å². The number of Topliss-reactive ketones (excluding diaryl/α,β-unsaturated/α-hetero) is 1. The molecule has 0 N–H and O–H groups in total. The fourth-order valence-electron chi connectivity index (χ4n) is 2.45. The maximum atomic E-state index is 11.4. The Morgan fingerprint density at radius 1 is 1.33 bits per heavy atom. The maximum absolute atomic E-state index is 11.4. The van der Waals surface area contributed by atoms with E-state index in [1.807, 2.05) is 26.0 Å². The minimum atomic E-state index is -0.00316. The van der Waals surface area contributed by atoms with Crippen molar-refractivity contribution in [2.75, 3.05) is 0 Å². The summed E-state index contributed by atoms with van der Waals surface area (Å²) in [5.74, 6) is 1.11. The molecule has 18 heavy (non-hydrogen) atoms. The second-order valence-electron chi connectivity index (χ2n) is 4.93. The Labute approximate surface area is 107 Å². The van der Waals surface area contributed by atoms with Gasteiger partial charge in [-0.15, -0.1) is 0 Å². The van der Waals surface area contributed by atoms with E-state index in [-0.39, 0.29) is 11.9 Å². The maximum Gasteiger partial charge on any atom is 0.136 e. The highest BCUT2D eigenvalue weighted by Gasteiger charge is 2.22. The van der Waals surface area contributed by atoms with Crippen LogP contribution in [0.25, 0.3) is 0 Å². The summed E-state index contributed by atoms with van der Waals surface area (Å²) in [5, 5.41) is 8.90. The fourth-order valence-corrected chi connectivity index (χ4v) is 2.45. The Kier molecular flexibility index (Phi) is 3.66. The Morgan fingerprint density at radius 2 is 2.00 bits per heavy atom. The van der Waals surface area contributed by atoms with Gasteiger partial charge in [-0.25, -0.2) is 0 Å². The fraction of sp³-hybridized carbons (Fsp3) is 0.467. The van der Waals surface area contributed by atoms with Crippen LogP contribution in [0.5, 0.6) is 5.75 Å². The van der Waals surface area contributed by atoms with E-state index in [2.05, 4.69) is 6.07 Å². The first kappa shape index (κ1) is 12.6. The molecule has 1 aromatic rings. The number of rotatable bonds is 2. The first-order valence-electron chi connectivity index (χ1n) is 6.30. The van der Waals surface area contributed by atoms with Gasteiger partial charge >= 0.3 is 0 Å². The molecule has 1 aliphatic carbocycles. The molecule has 3 nitrogen and oxygen atoms in total. The average molecular weight is 243 g/mol. The summed E-state index contributed by atoms with van der Waals surface area (Å²) in [5.41, 5.74) is 2.58. The first-order chi connectivity index (χ1) is 8.60. The number of carbonyl (C=O) groups excluding carboxylic acids is 1. The van der Waals surface area contributed by atoms with Crippen molar-refractivity contribution < 1.29 is 9.53 Å². The highest BCUT2D eigenvalue weighted by Crippen LogP contribution is 2.28. The molecule has 1 unspecified atom stereocenters. The van der Waals surface area contributed by atoms with Crippen LogP contribution in [-0.4, -0.2) is 11.9 Å². The van der Waals surface area contributed by atoms with Crippen molar-refractivity contribution >= 4 is 5.78 Å². The highest BCUT2D eigenvalue weighted by atomic mass is 16.5. The third kappa shape index (κ3) is 2.70. The SMILES string of the molecule is Cc1cc(C#N)cc(C)c1OC1CCCC(=O)C1. The van der Waals surface area contributed by atoms with Crippen LogP contribution in [0.4, 0.5) is 0 Å². The van der Waals surface area contributed by atoms with Gasteiger partial charge in [-0.3, -0.25) is 4.79 Å². The van der Waals surface area contributed by atoms with E-state index in [9.17, 15) is 4.79 Å². The van der Waals surface area contributed by atoms with E-state index in [4.69, 9.17) is 10.00 Å². The normalized spacial score (nSPS) is 19.4. The minimum Gasteiger partial charge on any atom is -0.489 e. The van der Waals surface area contributed by atoms with E-state index in [0.717, 1.165) is 29.7 Å². The number of benzene rings is 1. The van der Waals surface area contributed by atoms with Gasteiger partial charge in [-0.1, -0.05) is 0 Å². The Hall–Kier alpha value is -1.82. The van der Waals surface area contributed by atoms with Crippen molar-refractivity contribution in [2.45, 2.75) is 45.6 Å². The molecule has 2 rings (SSSR count). The lowest BCUT2D eigenvalue weighted by Gasteiger charge is -2.24. The van der Waals surface area contributed by atoms with Crippen LogP contribution in [0.15, 0.2) is 12.1 Å². The van der Waals surface area contributed by atoms with Crippen molar-refractivity contribution in [1.29, 1.82) is 5.26 Å². The zero-order valence-electron chi connectivity index (χ0n) is 10.8. The quantitative estimate of drug-likeness (QED) is 0.802. The third-order valence-corrected chi connectivity index (χ3v) is 3.31. The average Bonchev–Trinajstić information content (AvgIpc) is 2.33. The lowest BCUT2D eigenvalue weighted by atomic mass is 9.96. The molecule has 0 bridgehead atoms. The van der Waals surface area contributed by atoms with Crippen molar-refractivity contribution in [3.63, 3.8) is 0 Å². The largest absolute Gasteiger partial charge is 0.489 e.